The summed E-state index contributed by atoms with van der Waals surface area (Å²) in [6.07, 6.45) is 1.66. The van der Waals surface area contributed by atoms with Crippen LogP contribution in [0.4, 0.5) is 11.5 Å². The molecule has 12 heteroatoms. The number of hydrogen-bond acceptors (Lipinski definition) is 9. The van der Waals surface area contributed by atoms with E-state index < -0.39 is 11.2 Å². The van der Waals surface area contributed by atoms with Crippen LogP contribution in [0.1, 0.15) is 31.2 Å². The van der Waals surface area contributed by atoms with E-state index in [1.807, 2.05) is 18.2 Å². The molecule has 1 aliphatic heterocycles. The summed E-state index contributed by atoms with van der Waals surface area (Å²) in [4.78, 5) is 44.1. The minimum absolute atomic E-state index is 0.0339. The van der Waals surface area contributed by atoms with Crippen molar-refractivity contribution in [2.75, 3.05) is 18.4 Å². The lowest BCUT2D eigenvalue weighted by atomic mass is 10.2. The third-order valence-corrected chi connectivity index (χ3v) is 5.43. The van der Waals surface area contributed by atoms with Gasteiger partial charge in [-0.2, -0.15) is 5.10 Å². The van der Waals surface area contributed by atoms with Gasteiger partial charge in [-0.05, 0) is 18.9 Å². The second-order valence-electron chi connectivity index (χ2n) is 7.93. The van der Waals surface area contributed by atoms with E-state index in [9.17, 15) is 19.7 Å². The second kappa shape index (κ2) is 11.2. The first-order valence-electron chi connectivity index (χ1n) is 11.2. The van der Waals surface area contributed by atoms with Crippen LogP contribution in [0, 0.1) is 10.1 Å². The van der Waals surface area contributed by atoms with Crippen molar-refractivity contribution in [1.82, 2.24) is 21.0 Å². The van der Waals surface area contributed by atoms with Gasteiger partial charge in [-0.25, -0.2) is 20.4 Å². The Morgan fingerprint density at radius 3 is 2.74 bits per heavy atom. The molecule has 2 heterocycles. The number of benzene rings is 2. The Morgan fingerprint density at radius 2 is 1.91 bits per heavy atom. The van der Waals surface area contributed by atoms with Crippen molar-refractivity contribution in [1.29, 1.82) is 0 Å². The number of aromatic nitrogens is 2. The maximum absolute atomic E-state index is 12.1. The molecule has 1 aliphatic rings. The summed E-state index contributed by atoms with van der Waals surface area (Å²) in [7, 11) is 0. The summed E-state index contributed by atoms with van der Waals surface area (Å²) in [6.45, 7) is 1.18. The van der Waals surface area contributed by atoms with Gasteiger partial charge < -0.3 is 10.6 Å². The predicted octanol–water partition coefficient (Wildman–Crippen LogP) is 2.23. The summed E-state index contributed by atoms with van der Waals surface area (Å²) in [5, 5.41) is 24.9. The maximum atomic E-state index is 12.1. The first-order chi connectivity index (χ1) is 17.0. The number of carbonyl (C=O) groups excluding carboxylic acids is 1. The summed E-state index contributed by atoms with van der Waals surface area (Å²) in [5.74, 6) is 0.921. The van der Waals surface area contributed by atoms with Crippen molar-refractivity contribution in [3.8, 4) is 0 Å². The van der Waals surface area contributed by atoms with Gasteiger partial charge in [0.05, 0.1) is 10.3 Å². The first kappa shape index (κ1) is 23.8. The number of unbranched alkanes of at least 4 members (excludes halogenated alkanes) is 1. The molecule has 35 heavy (non-hydrogen) atoms. The Hall–Kier alpha value is -4.32. The summed E-state index contributed by atoms with van der Waals surface area (Å²) < 4.78 is 0. The van der Waals surface area contributed by atoms with Gasteiger partial charge in [0.2, 0.25) is 5.91 Å². The number of aliphatic imine (C=N–C) groups is 1. The van der Waals surface area contributed by atoms with E-state index in [4.69, 9.17) is 4.84 Å². The SMILES string of the molecule is O=C(CCC1N=C(c2cccc([N+](=O)[O-])c2)NO1)NCCCCNc1n[nH]c(=O)c2ccccc12. The van der Waals surface area contributed by atoms with Crippen LogP contribution in [-0.4, -0.2) is 46.2 Å². The van der Waals surface area contributed by atoms with E-state index in [1.165, 1.54) is 12.1 Å². The molecule has 0 aliphatic carbocycles. The number of nitrogens with zero attached hydrogens (tertiary/aromatic N) is 3. The third-order valence-electron chi connectivity index (χ3n) is 5.43. The molecule has 0 saturated heterocycles. The number of hydroxylamine groups is 1. The van der Waals surface area contributed by atoms with Crippen LogP contribution in [0.2, 0.25) is 0 Å². The number of hydrogen-bond donors (Lipinski definition) is 4. The predicted molar refractivity (Wildman–Crippen MR) is 130 cm³/mol. The van der Waals surface area contributed by atoms with Crippen molar-refractivity contribution >= 4 is 34.0 Å². The molecule has 1 aromatic heterocycles. The van der Waals surface area contributed by atoms with Crippen molar-refractivity contribution in [2.24, 2.45) is 4.99 Å². The van der Waals surface area contributed by atoms with Gasteiger partial charge in [0, 0.05) is 49.0 Å². The average Bonchev–Trinajstić information content (AvgIpc) is 3.35. The Morgan fingerprint density at radius 1 is 1.11 bits per heavy atom. The van der Waals surface area contributed by atoms with Gasteiger partial charge in [0.1, 0.15) is 0 Å². The highest BCUT2D eigenvalue weighted by molar-refractivity contribution is 5.99. The molecule has 1 unspecified atom stereocenters. The van der Waals surface area contributed by atoms with Crippen LogP contribution in [0.3, 0.4) is 0 Å². The zero-order valence-corrected chi connectivity index (χ0v) is 18.8. The molecule has 2 aromatic carbocycles. The number of nitrogens with one attached hydrogen (secondary N) is 4. The monoisotopic (exact) mass is 479 g/mol. The van der Waals surface area contributed by atoms with Crippen LogP contribution in [0.5, 0.6) is 0 Å². The molecule has 12 nitrogen and oxygen atoms in total. The normalized spacial score (nSPS) is 14.9. The molecular formula is C23H25N7O5. The second-order valence-corrected chi connectivity index (χ2v) is 7.93. The van der Waals surface area contributed by atoms with Gasteiger partial charge in [-0.3, -0.25) is 19.7 Å². The van der Waals surface area contributed by atoms with Gasteiger partial charge in [0.25, 0.3) is 11.2 Å². The van der Waals surface area contributed by atoms with E-state index in [0.717, 1.165) is 18.2 Å². The number of aromatic amines is 1. The standard InChI is InChI=1S/C23H25N7O5/c31-19(10-11-20-26-21(29-35-20)15-6-5-7-16(14-15)30(33)34)24-12-3-4-13-25-22-17-8-1-2-9-18(17)23(32)28-27-22/h1-2,5-9,14,20H,3-4,10-13H2,(H,24,31)(H,25,27)(H,26,29)(H,28,32). The van der Waals surface area contributed by atoms with Crippen molar-refractivity contribution in [3.63, 3.8) is 0 Å². The number of amides is 1. The molecule has 0 spiro atoms. The average molecular weight is 479 g/mol. The first-order valence-corrected chi connectivity index (χ1v) is 11.2. The van der Waals surface area contributed by atoms with E-state index in [-0.39, 0.29) is 23.6 Å². The van der Waals surface area contributed by atoms with E-state index in [1.54, 1.807) is 18.2 Å². The number of amidine groups is 1. The fourth-order valence-corrected chi connectivity index (χ4v) is 3.62. The van der Waals surface area contributed by atoms with Gasteiger partial charge in [-0.1, -0.05) is 30.3 Å². The number of rotatable bonds is 11. The molecule has 182 valence electrons. The van der Waals surface area contributed by atoms with Crippen molar-refractivity contribution in [2.45, 2.75) is 31.9 Å². The van der Waals surface area contributed by atoms with E-state index >= 15 is 0 Å². The number of anilines is 1. The number of nitro groups is 1. The van der Waals surface area contributed by atoms with Crippen molar-refractivity contribution < 1.29 is 14.6 Å². The maximum Gasteiger partial charge on any atom is 0.272 e. The summed E-state index contributed by atoms with van der Waals surface area (Å²) in [5.41, 5.74) is 2.96. The molecule has 0 fully saturated rings. The fraction of sp³-hybridized carbons (Fsp3) is 0.304. The van der Waals surface area contributed by atoms with Crippen molar-refractivity contribution in [3.05, 3.63) is 74.6 Å². The van der Waals surface area contributed by atoms with E-state index in [2.05, 4.69) is 31.3 Å². The Kier molecular flexibility index (Phi) is 7.63. The molecule has 3 aromatic rings. The third kappa shape index (κ3) is 6.18. The molecule has 4 N–H and O–H groups in total. The quantitative estimate of drug-likeness (QED) is 0.185. The minimum Gasteiger partial charge on any atom is -0.368 e. The Balaban J connectivity index is 1.14. The molecule has 1 amide bonds. The molecule has 4 rings (SSSR count). The number of fused-ring (bicyclic) bond motifs is 1. The van der Waals surface area contributed by atoms with Crippen LogP contribution in [0.15, 0.2) is 58.3 Å². The summed E-state index contributed by atoms with van der Waals surface area (Å²) in [6, 6.07) is 13.4. The Labute approximate surface area is 199 Å². The van der Waals surface area contributed by atoms with Crippen LogP contribution >= 0.6 is 0 Å². The molecule has 0 bridgehead atoms. The largest absolute Gasteiger partial charge is 0.368 e. The van der Waals surface area contributed by atoms with Gasteiger partial charge >= 0.3 is 0 Å². The van der Waals surface area contributed by atoms with Gasteiger partial charge in [0.15, 0.2) is 17.9 Å². The van der Waals surface area contributed by atoms with Crippen LogP contribution < -0.4 is 21.7 Å². The number of carbonyl (C=O) groups is 1. The minimum atomic E-state index is -0.543. The number of non-ortho nitro benzene ring substituents is 1. The Bertz CT molecular complexity index is 1310. The molecule has 1 atom stereocenters. The number of nitro benzene ring substituents is 1. The molecule has 0 radical (unpaired) electrons. The highest BCUT2D eigenvalue weighted by Gasteiger charge is 2.21. The smallest absolute Gasteiger partial charge is 0.272 e. The zero-order chi connectivity index (χ0) is 24.6. The van der Waals surface area contributed by atoms with Crippen LogP contribution in [0.25, 0.3) is 10.8 Å². The highest BCUT2D eigenvalue weighted by Crippen LogP contribution is 2.18. The lowest BCUT2D eigenvalue weighted by molar-refractivity contribution is -0.384. The molecule has 0 saturated carbocycles. The van der Waals surface area contributed by atoms with E-state index in [0.29, 0.717) is 42.1 Å². The summed E-state index contributed by atoms with van der Waals surface area (Å²) >= 11 is 0. The highest BCUT2D eigenvalue weighted by atomic mass is 16.7. The topological polar surface area (TPSA) is 164 Å². The fourth-order valence-electron chi connectivity index (χ4n) is 3.62. The van der Waals surface area contributed by atoms with Crippen LogP contribution in [-0.2, 0) is 9.63 Å². The zero-order valence-electron chi connectivity index (χ0n) is 18.8. The molecular weight excluding hydrogens is 454 g/mol. The number of H-pyrrole nitrogens is 1. The lowest BCUT2D eigenvalue weighted by Crippen LogP contribution is -2.26. The lowest BCUT2D eigenvalue weighted by Gasteiger charge is -2.09. The van der Waals surface area contributed by atoms with Gasteiger partial charge in [-0.15, -0.1) is 0 Å².